The molecule has 0 aliphatic carbocycles. The first-order valence-electron chi connectivity index (χ1n) is 6.20. The zero-order chi connectivity index (χ0) is 13.9. The van der Waals surface area contributed by atoms with Crippen molar-refractivity contribution in [1.29, 1.82) is 0 Å². The summed E-state index contributed by atoms with van der Waals surface area (Å²) in [7, 11) is 1.72. The number of pyridine rings is 1. The van der Waals surface area contributed by atoms with Gasteiger partial charge in [-0.15, -0.1) is 5.10 Å². The van der Waals surface area contributed by atoms with Gasteiger partial charge in [0.25, 0.3) is 5.91 Å². The predicted octanol–water partition coefficient (Wildman–Crippen LogP) is 1.29. The Morgan fingerprint density at radius 1 is 1.35 bits per heavy atom. The van der Waals surface area contributed by atoms with E-state index in [1.807, 2.05) is 30.3 Å². The number of hydrogen-bond donors (Lipinski definition) is 1. The van der Waals surface area contributed by atoms with E-state index >= 15 is 0 Å². The Morgan fingerprint density at radius 2 is 2.25 bits per heavy atom. The van der Waals surface area contributed by atoms with Crippen molar-refractivity contribution in [2.75, 3.05) is 0 Å². The lowest BCUT2D eigenvalue weighted by molar-refractivity contribution is 0.0946. The number of carbonyl (C=O) groups excluding carboxylic acids is 1. The molecule has 0 unspecified atom stereocenters. The fourth-order valence-corrected chi connectivity index (χ4v) is 1.96. The summed E-state index contributed by atoms with van der Waals surface area (Å²) in [4.78, 5) is 16.1. The molecule has 2 heterocycles. The molecule has 0 radical (unpaired) electrons. The number of aromatic nitrogens is 4. The third-order valence-electron chi connectivity index (χ3n) is 2.96. The Morgan fingerprint density at radius 3 is 3.05 bits per heavy atom. The Kier molecular flexibility index (Phi) is 3.12. The van der Waals surface area contributed by atoms with Gasteiger partial charge < -0.3 is 5.32 Å². The largest absolute Gasteiger partial charge is 0.347 e. The quantitative estimate of drug-likeness (QED) is 0.776. The average Bonchev–Trinajstić information content (AvgIpc) is 2.91. The van der Waals surface area contributed by atoms with Gasteiger partial charge in [-0.3, -0.25) is 14.5 Å². The van der Waals surface area contributed by atoms with E-state index in [1.165, 1.54) is 4.68 Å². The number of carbonyl (C=O) groups is 1. The minimum atomic E-state index is -0.232. The van der Waals surface area contributed by atoms with Gasteiger partial charge in [0.1, 0.15) is 0 Å². The van der Waals surface area contributed by atoms with Gasteiger partial charge in [0.15, 0.2) is 5.69 Å². The minimum absolute atomic E-state index is 0.232. The molecule has 2 aromatic heterocycles. The molecule has 1 aromatic carbocycles. The molecule has 0 atom stereocenters. The number of nitrogens with one attached hydrogen (secondary N) is 1. The summed E-state index contributed by atoms with van der Waals surface area (Å²) in [5.41, 5.74) is 2.27. The molecule has 0 spiro atoms. The summed E-state index contributed by atoms with van der Waals surface area (Å²) >= 11 is 0. The van der Waals surface area contributed by atoms with Crippen molar-refractivity contribution in [1.82, 2.24) is 25.3 Å². The van der Waals surface area contributed by atoms with E-state index in [0.717, 1.165) is 16.5 Å². The van der Waals surface area contributed by atoms with Crippen LogP contribution in [0.4, 0.5) is 0 Å². The first kappa shape index (κ1) is 12.3. The molecule has 0 aliphatic rings. The van der Waals surface area contributed by atoms with Crippen LogP contribution in [0.25, 0.3) is 10.9 Å². The highest BCUT2D eigenvalue weighted by Crippen LogP contribution is 2.13. The molecule has 0 fully saturated rings. The van der Waals surface area contributed by atoms with Crippen molar-refractivity contribution in [2.45, 2.75) is 6.54 Å². The lowest BCUT2D eigenvalue weighted by Crippen LogP contribution is -2.23. The molecule has 100 valence electrons. The number of amides is 1. The van der Waals surface area contributed by atoms with Gasteiger partial charge in [-0.2, -0.15) is 0 Å². The predicted molar refractivity (Wildman–Crippen MR) is 73.9 cm³/mol. The van der Waals surface area contributed by atoms with Crippen LogP contribution in [0.15, 0.2) is 42.7 Å². The molecule has 0 aliphatic heterocycles. The number of nitrogens with zero attached hydrogens (tertiary/aromatic N) is 4. The monoisotopic (exact) mass is 267 g/mol. The smallest absolute Gasteiger partial charge is 0.273 e. The SMILES string of the molecule is Cn1cc(C(=O)NCc2ccc3ncccc3c2)nn1. The number of rotatable bonds is 3. The Balaban J connectivity index is 1.72. The van der Waals surface area contributed by atoms with E-state index in [-0.39, 0.29) is 5.91 Å². The van der Waals surface area contributed by atoms with E-state index in [9.17, 15) is 4.79 Å². The van der Waals surface area contributed by atoms with E-state index in [2.05, 4.69) is 20.6 Å². The van der Waals surface area contributed by atoms with Crippen LogP contribution in [0.5, 0.6) is 0 Å². The van der Waals surface area contributed by atoms with Crippen LogP contribution >= 0.6 is 0 Å². The van der Waals surface area contributed by atoms with Gasteiger partial charge in [0.05, 0.1) is 11.7 Å². The fraction of sp³-hybridized carbons (Fsp3) is 0.143. The molecule has 6 heteroatoms. The molecule has 1 N–H and O–H groups in total. The van der Waals surface area contributed by atoms with Crippen molar-refractivity contribution in [3.8, 4) is 0 Å². The number of benzene rings is 1. The van der Waals surface area contributed by atoms with Crippen LogP contribution in [-0.4, -0.2) is 25.9 Å². The van der Waals surface area contributed by atoms with Crippen molar-refractivity contribution in [3.05, 3.63) is 54.0 Å². The molecule has 3 aromatic rings. The minimum Gasteiger partial charge on any atom is -0.347 e. The summed E-state index contributed by atoms with van der Waals surface area (Å²) in [6.07, 6.45) is 3.34. The molecule has 0 saturated carbocycles. The van der Waals surface area contributed by atoms with Gasteiger partial charge in [0, 0.05) is 25.2 Å². The van der Waals surface area contributed by atoms with Gasteiger partial charge >= 0.3 is 0 Å². The van der Waals surface area contributed by atoms with E-state index < -0.39 is 0 Å². The second kappa shape index (κ2) is 5.08. The molecule has 0 bridgehead atoms. The molecule has 0 saturated heterocycles. The second-order valence-corrected chi connectivity index (χ2v) is 4.49. The second-order valence-electron chi connectivity index (χ2n) is 4.49. The maximum absolute atomic E-state index is 11.9. The molecule has 6 nitrogen and oxygen atoms in total. The van der Waals surface area contributed by atoms with Crippen molar-refractivity contribution < 1.29 is 4.79 Å². The summed E-state index contributed by atoms with van der Waals surface area (Å²) in [6, 6.07) is 9.80. The van der Waals surface area contributed by atoms with Gasteiger partial charge in [0.2, 0.25) is 0 Å². The molecular weight excluding hydrogens is 254 g/mol. The molecular formula is C14H13N5O. The average molecular weight is 267 g/mol. The lowest BCUT2D eigenvalue weighted by Gasteiger charge is -2.04. The van der Waals surface area contributed by atoms with Crippen LogP contribution in [0.1, 0.15) is 16.1 Å². The molecule has 3 rings (SSSR count). The number of fused-ring (bicyclic) bond motifs is 1. The van der Waals surface area contributed by atoms with Crippen molar-refractivity contribution in [3.63, 3.8) is 0 Å². The highest BCUT2D eigenvalue weighted by atomic mass is 16.2. The number of aryl methyl sites for hydroxylation is 1. The lowest BCUT2D eigenvalue weighted by atomic mass is 10.1. The third kappa shape index (κ3) is 2.49. The third-order valence-corrected chi connectivity index (χ3v) is 2.96. The van der Waals surface area contributed by atoms with E-state index in [1.54, 1.807) is 19.4 Å². The summed E-state index contributed by atoms with van der Waals surface area (Å²) < 4.78 is 1.50. The Labute approximate surface area is 115 Å². The summed E-state index contributed by atoms with van der Waals surface area (Å²) in [5.74, 6) is -0.232. The summed E-state index contributed by atoms with van der Waals surface area (Å²) in [6.45, 7) is 0.445. The number of hydrogen-bond acceptors (Lipinski definition) is 4. The van der Waals surface area contributed by atoms with Crippen molar-refractivity contribution in [2.24, 2.45) is 7.05 Å². The van der Waals surface area contributed by atoms with E-state index in [0.29, 0.717) is 12.2 Å². The maximum atomic E-state index is 11.9. The summed E-state index contributed by atoms with van der Waals surface area (Å²) in [5, 5.41) is 11.4. The Hall–Kier alpha value is -2.76. The van der Waals surface area contributed by atoms with E-state index in [4.69, 9.17) is 0 Å². The topological polar surface area (TPSA) is 72.7 Å². The van der Waals surface area contributed by atoms with Crippen LogP contribution in [0, 0.1) is 0 Å². The van der Waals surface area contributed by atoms with Crippen LogP contribution in [0.3, 0.4) is 0 Å². The fourth-order valence-electron chi connectivity index (χ4n) is 1.96. The first-order chi connectivity index (χ1) is 9.72. The standard InChI is InChI=1S/C14H13N5O/c1-19-9-13(17-18-19)14(20)16-8-10-4-5-12-11(7-10)3-2-6-15-12/h2-7,9H,8H2,1H3,(H,16,20). The van der Waals surface area contributed by atoms with Crippen LogP contribution < -0.4 is 5.32 Å². The van der Waals surface area contributed by atoms with Gasteiger partial charge in [-0.25, -0.2) is 0 Å². The normalized spacial score (nSPS) is 10.7. The van der Waals surface area contributed by atoms with Gasteiger partial charge in [-0.05, 0) is 23.8 Å². The Bertz CT molecular complexity index is 765. The van der Waals surface area contributed by atoms with Crippen LogP contribution in [-0.2, 0) is 13.6 Å². The van der Waals surface area contributed by atoms with Crippen molar-refractivity contribution >= 4 is 16.8 Å². The zero-order valence-corrected chi connectivity index (χ0v) is 10.9. The highest BCUT2D eigenvalue weighted by molar-refractivity contribution is 5.91. The van der Waals surface area contributed by atoms with Gasteiger partial charge in [-0.1, -0.05) is 17.3 Å². The molecule has 1 amide bonds. The first-order valence-corrected chi connectivity index (χ1v) is 6.20. The maximum Gasteiger partial charge on any atom is 0.273 e. The van der Waals surface area contributed by atoms with Crippen LogP contribution in [0.2, 0.25) is 0 Å². The highest BCUT2D eigenvalue weighted by Gasteiger charge is 2.09. The molecule has 20 heavy (non-hydrogen) atoms. The zero-order valence-electron chi connectivity index (χ0n) is 10.9.